The highest BCUT2D eigenvalue weighted by molar-refractivity contribution is 5.80. The Morgan fingerprint density at radius 2 is 2.12 bits per heavy atom. The molecule has 0 amide bonds. The van der Waals surface area contributed by atoms with Crippen LogP contribution in [0.5, 0.6) is 5.75 Å². The van der Waals surface area contributed by atoms with Gasteiger partial charge in [0, 0.05) is 49.5 Å². The van der Waals surface area contributed by atoms with Gasteiger partial charge in [0.15, 0.2) is 5.96 Å². The molecule has 0 saturated carbocycles. The predicted octanol–water partition coefficient (Wildman–Crippen LogP) is 2.10. The van der Waals surface area contributed by atoms with E-state index in [4.69, 9.17) is 4.74 Å². The van der Waals surface area contributed by atoms with Crippen LogP contribution < -0.4 is 15.4 Å². The monoisotopic (exact) mass is 347 g/mol. The molecule has 0 aromatic carbocycles. The standard InChI is InChI=1S/C19H33N5O/c1-12(2)24-10-14(4)17(11-24)23-19(20-6)22-9-16-15(5)18(25-7)13(3)8-21-16/h8,12,14,17H,9-11H2,1-7H3,(H2,20,22,23). The van der Waals surface area contributed by atoms with Gasteiger partial charge in [-0.05, 0) is 33.6 Å². The van der Waals surface area contributed by atoms with E-state index in [-0.39, 0.29) is 0 Å². The van der Waals surface area contributed by atoms with Gasteiger partial charge in [-0.2, -0.15) is 0 Å². The van der Waals surface area contributed by atoms with Crippen molar-refractivity contribution in [2.75, 3.05) is 27.2 Å². The Hall–Kier alpha value is -1.82. The first-order valence-electron chi connectivity index (χ1n) is 9.07. The molecule has 6 nitrogen and oxygen atoms in total. The molecule has 2 atom stereocenters. The fraction of sp³-hybridized carbons (Fsp3) is 0.684. The Kier molecular flexibility index (Phi) is 6.64. The number of aromatic nitrogens is 1. The fourth-order valence-electron chi connectivity index (χ4n) is 3.40. The van der Waals surface area contributed by atoms with E-state index >= 15 is 0 Å². The molecule has 2 N–H and O–H groups in total. The quantitative estimate of drug-likeness (QED) is 0.631. The molecule has 1 saturated heterocycles. The summed E-state index contributed by atoms with van der Waals surface area (Å²) in [6, 6.07) is 0.992. The first-order chi connectivity index (χ1) is 11.9. The van der Waals surface area contributed by atoms with Crippen LogP contribution in [0.3, 0.4) is 0 Å². The molecule has 1 aliphatic rings. The maximum atomic E-state index is 5.49. The number of ether oxygens (including phenoxy) is 1. The summed E-state index contributed by atoms with van der Waals surface area (Å²) in [4.78, 5) is 11.4. The lowest BCUT2D eigenvalue weighted by atomic mass is 10.1. The number of rotatable bonds is 5. The van der Waals surface area contributed by atoms with Gasteiger partial charge in [0.2, 0.25) is 0 Å². The highest BCUT2D eigenvalue weighted by Gasteiger charge is 2.31. The Labute approximate surface area is 152 Å². The summed E-state index contributed by atoms with van der Waals surface area (Å²) in [5, 5.41) is 6.96. The largest absolute Gasteiger partial charge is 0.496 e. The minimum atomic E-state index is 0.412. The summed E-state index contributed by atoms with van der Waals surface area (Å²) in [5.41, 5.74) is 3.11. The van der Waals surface area contributed by atoms with Crippen LogP contribution in [-0.4, -0.2) is 55.2 Å². The lowest BCUT2D eigenvalue weighted by molar-refractivity contribution is 0.265. The van der Waals surface area contributed by atoms with Gasteiger partial charge in [-0.15, -0.1) is 0 Å². The van der Waals surface area contributed by atoms with E-state index in [1.807, 2.05) is 27.1 Å². The van der Waals surface area contributed by atoms with Crippen LogP contribution >= 0.6 is 0 Å². The molecular formula is C19H33N5O. The molecule has 2 unspecified atom stereocenters. The van der Waals surface area contributed by atoms with E-state index in [0.29, 0.717) is 24.5 Å². The summed E-state index contributed by atoms with van der Waals surface area (Å²) in [6.45, 7) is 13.7. The molecule has 1 fully saturated rings. The number of nitrogens with zero attached hydrogens (tertiary/aromatic N) is 3. The van der Waals surface area contributed by atoms with Gasteiger partial charge in [-0.25, -0.2) is 0 Å². The molecule has 0 radical (unpaired) electrons. The normalized spacial score (nSPS) is 21.7. The van der Waals surface area contributed by atoms with E-state index < -0.39 is 0 Å². The minimum Gasteiger partial charge on any atom is -0.496 e. The van der Waals surface area contributed by atoms with Crippen molar-refractivity contribution in [2.24, 2.45) is 10.9 Å². The van der Waals surface area contributed by atoms with Crippen molar-refractivity contribution >= 4 is 5.96 Å². The number of guanidine groups is 1. The van der Waals surface area contributed by atoms with Gasteiger partial charge in [0.25, 0.3) is 0 Å². The summed E-state index contributed by atoms with van der Waals surface area (Å²) < 4.78 is 5.49. The zero-order valence-electron chi connectivity index (χ0n) is 16.7. The SMILES string of the molecule is CN=C(NCc1ncc(C)c(OC)c1C)NC1CN(C(C)C)CC1C. The Morgan fingerprint density at radius 1 is 1.40 bits per heavy atom. The number of hydrogen-bond donors (Lipinski definition) is 2. The van der Waals surface area contributed by atoms with Gasteiger partial charge in [-0.3, -0.25) is 14.9 Å². The maximum absolute atomic E-state index is 5.49. The predicted molar refractivity (Wildman–Crippen MR) is 103 cm³/mol. The second-order valence-electron chi connectivity index (χ2n) is 7.25. The van der Waals surface area contributed by atoms with Crippen molar-refractivity contribution in [1.29, 1.82) is 0 Å². The third-order valence-corrected chi connectivity index (χ3v) is 5.09. The molecule has 0 spiro atoms. The molecule has 1 aromatic rings. The fourth-order valence-corrected chi connectivity index (χ4v) is 3.40. The van der Waals surface area contributed by atoms with Crippen LogP contribution in [0, 0.1) is 19.8 Å². The van der Waals surface area contributed by atoms with Crippen LogP contribution in [0.2, 0.25) is 0 Å². The van der Waals surface area contributed by atoms with Crippen molar-refractivity contribution in [3.05, 3.63) is 23.0 Å². The van der Waals surface area contributed by atoms with E-state index in [2.05, 4.69) is 46.3 Å². The smallest absolute Gasteiger partial charge is 0.191 e. The molecule has 25 heavy (non-hydrogen) atoms. The lowest BCUT2D eigenvalue weighted by Gasteiger charge is -2.22. The molecule has 0 bridgehead atoms. The lowest BCUT2D eigenvalue weighted by Crippen LogP contribution is -2.46. The zero-order valence-corrected chi connectivity index (χ0v) is 16.7. The molecular weight excluding hydrogens is 314 g/mol. The van der Waals surface area contributed by atoms with Gasteiger partial charge in [-0.1, -0.05) is 6.92 Å². The average Bonchev–Trinajstić information content (AvgIpc) is 2.94. The highest BCUT2D eigenvalue weighted by Crippen LogP contribution is 2.23. The molecule has 140 valence electrons. The van der Waals surface area contributed by atoms with Gasteiger partial charge in [0.1, 0.15) is 5.75 Å². The molecule has 6 heteroatoms. The zero-order chi connectivity index (χ0) is 18.6. The number of likely N-dealkylation sites (tertiary alicyclic amines) is 1. The molecule has 2 heterocycles. The number of aliphatic imine (C=N–C) groups is 1. The second-order valence-corrected chi connectivity index (χ2v) is 7.25. The Balaban J connectivity index is 1.98. The molecule has 2 rings (SSSR count). The number of aryl methyl sites for hydroxylation is 1. The van der Waals surface area contributed by atoms with Gasteiger partial charge < -0.3 is 15.4 Å². The Morgan fingerprint density at radius 3 is 2.68 bits per heavy atom. The number of nitrogens with one attached hydrogen (secondary N) is 2. The van der Waals surface area contributed by atoms with Crippen LogP contribution in [0.15, 0.2) is 11.2 Å². The van der Waals surface area contributed by atoms with Crippen molar-refractivity contribution in [3.63, 3.8) is 0 Å². The van der Waals surface area contributed by atoms with E-state index in [0.717, 1.165) is 41.6 Å². The van der Waals surface area contributed by atoms with Crippen LogP contribution in [0.4, 0.5) is 0 Å². The third kappa shape index (κ3) is 4.63. The molecule has 1 aromatic heterocycles. The minimum absolute atomic E-state index is 0.412. The summed E-state index contributed by atoms with van der Waals surface area (Å²) in [7, 11) is 3.51. The molecule has 0 aliphatic carbocycles. The van der Waals surface area contributed by atoms with Crippen molar-refractivity contribution in [1.82, 2.24) is 20.5 Å². The van der Waals surface area contributed by atoms with E-state index in [1.54, 1.807) is 7.11 Å². The van der Waals surface area contributed by atoms with Crippen LogP contribution in [-0.2, 0) is 6.54 Å². The van der Waals surface area contributed by atoms with Crippen LogP contribution in [0.25, 0.3) is 0 Å². The van der Waals surface area contributed by atoms with Crippen LogP contribution in [0.1, 0.15) is 37.6 Å². The number of hydrogen-bond acceptors (Lipinski definition) is 4. The topological polar surface area (TPSA) is 61.8 Å². The third-order valence-electron chi connectivity index (χ3n) is 5.09. The molecule has 1 aliphatic heterocycles. The van der Waals surface area contributed by atoms with Gasteiger partial charge in [0.05, 0.1) is 19.3 Å². The summed E-state index contributed by atoms with van der Waals surface area (Å²) in [5.74, 6) is 2.33. The van der Waals surface area contributed by atoms with E-state index in [1.165, 1.54) is 0 Å². The summed E-state index contributed by atoms with van der Waals surface area (Å²) >= 11 is 0. The average molecular weight is 348 g/mol. The number of methoxy groups -OCH3 is 1. The van der Waals surface area contributed by atoms with Crippen molar-refractivity contribution in [2.45, 2.75) is 53.2 Å². The second kappa shape index (κ2) is 8.52. The van der Waals surface area contributed by atoms with E-state index in [9.17, 15) is 0 Å². The first-order valence-corrected chi connectivity index (χ1v) is 9.07. The van der Waals surface area contributed by atoms with Gasteiger partial charge >= 0.3 is 0 Å². The summed E-state index contributed by atoms with van der Waals surface area (Å²) in [6.07, 6.45) is 1.86. The number of pyridine rings is 1. The first kappa shape index (κ1) is 19.5. The highest BCUT2D eigenvalue weighted by atomic mass is 16.5. The van der Waals surface area contributed by atoms with Crippen molar-refractivity contribution in [3.8, 4) is 5.75 Å². The Bertz CT molecular complexity index is 614. The van der Waals surface area contributed by atoms with Crippen molar-refractivity contribution < 1.29 is 4.74 Å². The maximum Gasteiger partial charge on any atom is 0.191 e.